The maximum Gasteiger partial charge on any atom is 0.213 e. The van der Waals surface area contributed by atoms with Gasteiger partial charge in [0.1, 0.15) is 0 Å². The number of hydrogen-bond donors (Lipinski definition) is 0. The van der Waals surface area contributed by atoms with Crippen LogP contribution in [-0.4, -0.2) is 19.4 Å². The molecule has 0 spiro atoms. The largest absolute Gasteiger partial charge is 0.438 e. The van der Waals surface area contributed by atoms with E-state index < -0.39 is 0 Å². The first-order valence-electron chi connectivity index (χ1n) is 18.1. The number of rotatable bonds is 5. The van der Waals surface area contributed by atoms with Gasteiger partial charge in [-0.1, -0.05) is 152 Å². The summed E-state index contributed by atoms with van der Waals surface area (Å²) in [5, 5.41) is 5.63. The summed E-state index contributed by atoms with van der Waals surface area (Å²) >= 11 is 0. The lowest BCUT2D eigenvalue weighted by Crippen LogP contribution is -2.01. The molecule has 0 unspecified atom stereocenters. The minimum atomic E-state index is 0.622. The molecule has 54 heavy (non-hydrogen) atoms. The summed E-state index contributed by atoms with van der Waals surface area (Å²) in [5.74, 6) is 1.90. The summed E-state index contributed by atoms with van der Waals surface area (Å²) in [6.07, 6.45) is 0. The van der Waals surface area contributed by atoms with Crippen molar-refractivity contribution in [2.75, 3.05) is 0 Å². The van der Waals surface area contributed by atoms with Gasteiger partial charge in [0.05, 0.1) is 16.6 Å². The molecule has 11 rings (SSSR count). The second kappa shape index (κ2) is 12.1. The van der Waals surface area contributed by atoms with Gasteiger partial charge in [0, 0.05) is 22.1 Å². The van der Waals surface area contributed by atoms with Gasteiger partial charge in [-0.25, -0.2) is 15.0 Å². The lowest BCUT2D eigenvalue weighted by atomic mass is 9.97. The molecular formula is C49H30N4O. The van der Waals surface area contributed by atoms with Crippen LogP contribution in [0.5, 0.6) is 0 Å². The minimum Gasteiger partial charge on any atom is -0.438 e. The van der Waals surface area contributed by atoms with Crippen molar-refractivity contribution in [1.82, 2.24) is 19.4 Å². The van der Waals surface area contributed by atoms with E-state index in [0.717, 1.165) is 88.2 Å². The zero-order valence-electron chi connectivity index (χ0n) is 29.0. The first kappa shape index (κ1) is 30.3. The number of para-hydroxylation sites is 3. The van der Waals surface area contributed by atoms with Crippen molar-refractivity contribution < 1.29 is 4.42 Å². The Bertz CT molecular complexity index is 3140. The van der Waals surface area contributed by atoms with Crippen LogP contribution in [0.25, 0.3) is 106 Å². The summed E-state index contributed by atoms with van der Waals surface area (Å²) in [7, 11) is 0. The van der Waals surface area contributed by atoms with Crippen LogP contribution in [0.1, 0.15) is 0 Å². The molecule has 3 heterocycles. The van der Waals surface area contributed by atoms with Crippen molar-refractivity contribution in [3.8, 4) is 56.4 Å². The third-order valence-electron chi connectivity index (χ3n) is 10.4. The fraction of sp³-hybridized carbons (Fsp3) is 0. The molecule has 0 N–H and O–H groups in total. The molecule has 5 heteroatoms. The number of aromatic nitrogens is 4. The quantitative estimate of drug-likeness (QED) is 0.180. The van der Waals surface area contributed by atoms with Gasteiger partial charge >= 0.3 is 0 Å². The van der Waals surface area contributed by atoms with E-state index in [1.165, 1.54) is 0 Å². The van der Waals surface area contributed by atoms with Crippen molar-refractivity contribution >= 4 is 49.3 Å². The van der Waals surface area contributed by atoms with E-state index >= 15 is 0 Å². The second-order valence-electron chi connectivity index (χ2n) is 13.6. The van der Waals surface area contributed by atoms with E-state index in [1.807, 2.05) is 12.1 Å². The van der Waals surface area contributed by atoms with Gasteiger partial charge in [-0.05, 0) is 68.6 Å². The summed E-state index contributed by atoms with van der Waals surface area (Å²) < 4.78 is 8.77. The van der Waals surface area contributed by atoms with Gasteiger partial charge in [0.25, 0.3) is 0 Å². The average Bonchev–Trinajstić information content (AvgIpc) is 3.78. The third kappa shape index (κ3) is 4.83. The zero-order valence-corrected chi connectivity index (χ0v) is 29.0. The van der Waals surface area contributed by atoms with Crippen LogP contribution < -0.4 is 0 Å². The van der Waals surface area contributed by atoms with Crippen molar-refractivity contribution in [2.45, 2.75) is 0 Å². The van der Waals surface area contributed by atoms with E-state index in [1.54, 1.807) is 0 Å². The number of nitrogens with zero attached hydrogens (tertiary/aromatic N) is 4. The molecule has 0 amide bonds. The van der Waals surface area contributed by atoms with Gasteiger partial charge in [-0.2, -0.15) is 0 Å². The summed E-state index contributed by atoms with van der Waals surface area (Å²) in [5.41, 5.74) is 11.1. The molecule has 0 fully saturated rings. The van der Waals surface area contributed by atoms with Gasteiger partial charge in [0.2, 0.25) is 5.71 Å². The Labute approximate surface area is 310 Å². The van der Waals surface area contributed by atoms with E-state index in [0.29, 0.717) is 17.5 Å². The van der Waals surface area contributed by atoms with Crippen LogP contribution >= 0.6 is 0 Å². The fourth-order valence-corrected chi connectivity index (χ4v) is 7.94. The highest BCUT2D eigenvalue weighted by Gasteiger charge is 2.20. The van der Waals surface area contributed by atoms with E-state index in [9.17, 15) is 0 Å². The van der Waals surface area contributed by atoms with Crippen molar-refractivity contribution in [3.05, 3.63) is 182 Å². The Morgan fingerprint density at radius 1 is 0.370 bits per heavy atom. The van der Waals surface area contributed by atoms with Gasteiger partial charge in [0.15, 0.2) is 23.1 Å². The Hall–Kier alpha value is -7.37. The number of fused-ring (bicyclic) bond motifs is 7. The minimum absolute atomic E-state index is 0.622. The van der Waals surface area contributed by atoms with Crippen molar-refractivity contribution in [3.63, 3.8) is 0 Å². The standard InChI is InChI=1S/C49H30N4O/c1-3-21-37-31(13-1)15-11-24-39(37)47-50-46(51-48(52-47)40-25-12-16-32-14-2-4-22-38(32)40)36-20-10-18-34(30-36)33-17-9-19-35(29-33)45-41-23-5-6-26-42(41)53-43-27-7-8-28-44(43)54-49(45)53/h1-30H. The summed E-state index contributed by atoms with van der Waals surface area (Å²) in [6.45, 7) is 0. The lowest BCUT2D eigenvalue weighted by Gasteiger charge is -2.12. The highest BCUT2D eigenvalue weighted by molar-refractivity contribution is 6.07. The fourth-order valence-electron chi connectivity index (χ4n) is 7.94. The molecule has 0 radical (unpaired) electrons. The third-order valence-corrected chi connectivity index (χ3v) is 10.4. The maximum absolute atomic E-state index is 6.53. The van der Waals surface area contributed by atoms with Gasteiger partial charge < -0.3 is 4.42 Å². The highest BCUT2D eigenvalue weighted by atomic mass is 16.3. The number of oxazole rings is 1. The monoisotopic (exact) mass is 690 g/mol. The second-order valence-corrected chi connectivity index (χ2v) is 13.6. The molecule has 0 aliphatic heterocycles. The van der Waals surface area contributed by atoms with Gasteiger partial charge in [-0.3, -0.25) is 4.40 Å². The molecule has 0 saturated carbocycles. The molecule has 0 aliphatic carbocycles. The SMILES string of the molecule is c1cc(-c2cccc(-c3c4ccccc4n4c3oc3ccccc34)c2)cc(-c2nc(-c3cccc4ccccc34)nc(-c3cccc4ccccc34)n2)c1. The summed E-state index contributed by atoms with van der Waals surface area (Å²) in [6, 6.07) is 63.3. The van der Waals surface area contributed by atoms with Crippen LogP contribution in [-0.2, 0) is 0 Å². The van der Waals surface area contributed by atoms with Crippen LogP contribution in [0.15, 0.2) is 186 Å². The van der Waals surface area contributed by atoms with Crippen LogP contribution in [0.2, 0.25) is 0 Å². The molecule has 5 nitrogen and oxygen atoms in total. The summed E-state index contributed by atoms with van der Waals surface area (Å²) in [4.78, 5) is 15.5. The Balaban J connectivity index is 1.08. The molecular weight excluding hydrogens is 661 g/mol. The molecule has 0 bridgehead atoms. The lowest BCUT2D eigenvalue weighted by molar-refractivity contribution is 0.658. The van der Waals surface area contributed by atoms with Crippen LogP contribution in [0, 0.1) is 0 Å². The van der Waals surface area contributed by atoms with E-state index in [-0.39, 0.29) is 0 Å². The molecule has 0 atom stereocenters. The smallest absolute Gasteiger partial charge is 0.213 e. The van der Waals surface area contributed by atoms with E-state index in [2.05, 4.69) is 174 Å². The first-order chi connectivity index (χ1) is 26.8. The molecule has 8 aromatic carbocycles. The predicted octanol–water partition coefficient (Wildman–Crippen LogP) is 12.7. The Morgan fingerprint density at radius 2 is 0.852 bits per heavy atom. The molecule has 0 saturated heterocycles. The number of benzene rings is 8. The normalized spacial score (nSPS) is 11.7. The zero-order chi connectivity index (χ0) is 35.6. The molecule has 11 aromatic rings. The van der Waals surface area contributed by atoms with Crippen molar-refractivity contribution in [2.24, 2.45) is 0 Å². The topological polar surface area (TPSA) is 56.2 Å². The predicted molar refractivity (Wildman–Crippen MR) is 220 cm³/mol. The molecule has 3 aromatic heterocycles. The Morgan fingerprint density at radius 3 is 1.54 bits per heavy atom. The van der Waals surface area contributed by atoms with Gasteiger partial charge in [-0.15, -0.1) is 0 Å². The van der Waals surface area contributed by atoms with Crippen molar-refractivity contribution in [1.29, 1.82) is 0 Å². The van der Waals surface area contributed by atoms with E-state index in [4.69, 9.17) is 19.4 Å². The average molecular weight is 691 g/mol. The number of hydrogen-bond acceptors (Lipinski definition) is 4. The Kier molecular flexibility index (Phi) is 6.79. The molecule has 0 aliphatic rings. The molecule has 252 valence electrons. The first-order valence-corrected chi connectivity index (χ1v) is 18.1. The van der Waals surface area contributed by atoms with Crippen LogP contribution in [0.3, 0.4) is 0 Å². The maximum atomic E-state index is 6.53. The van der Waals surface area contributed by atoms with Crippen LogP contribution in [0.4, 0.5) is 0 Å². The highest BCUT2D eigenvalue weighted by Crippen LogP contribution is 2.41.